The third-order valence-corrected chi connectivity index (χ3v) is 4.13. The van der Waals surface area contributed by atoms with Gasteiger partial charge in [-0.05, 0) is 49.3 Å². The van der Waals surface area contributed by atoms with E-state index in [1.54, 1.807) is 0 Å². The maximum atomic E-state index is 6.28. The van der Waals surface area contributed by atoms with E-state index in [9.17, 15) is 0 Å². The van der Waals surface area contributed by atoms with Crippen LogP contribution in [0.15, 0.2) is 18.2 Å². The zero-order valence-electron chi connectivity index (χ0n) is 12.1. The molecule has 0 saturated carbocycles. The maximum Gasteiger partial charge on any atom is 0.137 e. The number of benzene rings is 1. The molecule has 20 heavy (non-hydrogen) atoms. The summed E-state index contributed by atoms with van der Waals surface area (Å²) >= 11 is 6.28. The fourth-order valence-corrected chi connectivity index (χ4v) is 2.61. The van der Waals surface area contributed by atoms with Gasteiger partial charge in [0.05, 0.1) is 11.6 Å². The summed E-state index contributed by atoms with van der Waals surface area (Å²) < 4.78 is 11.2. The molecule has 1 atom stereocenters. The van der Waals surface area contributed by atoms with Crippen molar-refractivity contribution < 1.29 is 9.47 Å². The molecule has 1 saturated heterocycles. The summed E-state index contributed by atoms with van der Waals surface area (Å²) in [6.07, 6.45) is 3.97. The first-order valence-electron chi connectivity index (χ1n) is 7.43. The van der Waals surface area contributed by atoms with Crippen molar-refractivity contribution in [3.05, 3.63) is 28.8 Å². The summed E-state index contributed by atoms with van der Waals surface area (Å²) in [5.74, 6) is 1.35. The molecule has 0 bridgehead atoms. The topological polar surface area (TPSA) is 44.5 Å². The minimum absolute atomic E-state index is 0.195. The van der Waals surface area contributed by atoms with Gasteiger partial charge in [-0.15, -0.1) is 0 Å². The summed E-state index contributed by atoms with van der Waals surface area (Å²) in [5.41, 5.74) is 7.13. The molecule has 4 heteroatoms. The monoisotopic (exact) mass is 297 g/mol. The number of rotatable bonds is 6. The molecular formula is C16H24ClNO2. The van der Waals surface area contributed by atoms with Crippen molar-refractivity contribution >= 4 is 11.6 Å². The van der Waals surface area contributed by atoms with Gasteiger partial charge < -0.3 is 15.2 Å². The molecule has 112 valence electrons. The van der Waals surface area contributed by atoms with Gasteiger partial charge in [0.1, 0.15) is 5.75 Å². The normalized spacial score (nSPS) is 17.9. The van der Waals surface area contributed by atoms with Gasteiger partial charge in [-0.25, -0.2) is 0 Å². The minimum Gasteiger partial charge on any atom is -0.492 e. The van der Waals surface area contributed by atoms with Gasteiger partial charge in [-0.1, -0.05) is 24.6 Å². The van der Waals surface area contributed by atoms with E-state index in [1.165, 1.54) is 5.56 Å². The largest absolute Gasteiger partial charge is 0.492 e. The van der Waals surface area contributed by atoms with Crippen LogP contribution in [0.5, 0.6) is 5.75 Å². The Bertz CT molecular complexity index is 419. The molecule has 1 unspecified atom stereocenters. The van der Waals surface area contributed by atoms with Crippen LogP contribution in [0.4, 0.5) is 0 Å². The molecule has 1 aromatic carbocycles. The highest BCUT2D eigenvalue weighted by atomic mass is 35.5. The van der Waals surface area contributed by atoms with Crippen molar-refractivity contribution in [1.82, 2.24) is 0 Å². The van der Waals surface area contributed by atoms with Gasteiger partial charge in [0.25, 0.3) is 0 Å². The molecule has 3 nitrogen and oxygen atoms in total. The number of hydrogen-bond acceptors (Lipinski definition) is 3. The van der Waals surface area contributed by atoms with Crippen molar-refractivity contribution in [2.45, 2.75) is 38.6 Å². The van der Waals surface area contributed by atoms with E-state index in [-0.39, 0.29) is 6.04 Å². The van der Waals surface area contributed by atoms with Crippen molar-refractivity contribution in [3.8, 4) is 5.75 Å². The summed E-state index contributed by atoms with van der Waals surface area (Å²) in [6.45, 7) is 4.50. The van der Waals surface area contributed by atoms with Crippen molar-refractivity contribution in [3.63, 3.8) is 0 Å². The molecule has 1 fully saturated rings. The van der Waals surface area contributed by atoms with Gasteiger partial charge in [0.2, 0.25) is 0 Å². The Morgan fingerprint density at radius 1 is 1.40 bits per heavy atom. The second kappa shape index (κ2) is 7.87. The van der Waals surface area contributed by atoms with Gasteiger partial charge >= 0.3 is 0 Å². The maximum absolute atomic E-state index is 6.28. The molecule has 1 aliphatic rings. The first kappa shape index (κ1) is 15.6. The molecule has 2 N–H and O–H groups in total. The molecule has 1 heterocycles. The van der Waals surface area contributed by atoms with E-state index in [2.05, 4.69) is 13.0 Å². The fourth-order valence-electron chi connectivity index (χ4n) is 2.36. The van der Waals surface area contributed by atoms with Crippen LogP contribution in [0.25, 0.3) is 0 Å². The lowest BCUT2D eigenvalue weighted by Gasteiger charge is -2.22. The van der Waals surface area contributed by atoms with E-state index < -0.39 is 0 Å². The van der Waals surface area contributed by atoms with E-state index in [0.29, 0.717) is 10.9 Å². The van der Waals surface area contributed by atoms with Crippen LogP contribution in [-0.4, -0.2) is 25.9 Å². The quantitative estimate of drug-likeness (QED) is 0.875. The van der Waals surface area contributed by atoms with Crippen LogP contribution in [0.3, 0.4) is 0 Å². The highest BCUT2D eigenvalue weighted by molar-refractivity contribution is 6.32. The Kier molecular flexibility index (Phi) is 6.14. The van der Waals surface area contributed by atoms with Crippen molar-refractivity contribution in [2.75, 3.05) is 19.8 Å². The molecule has 1 aliphatic heterocycles. The van der Waals surface area contributed by atoms with Crippen LogP contribution in [-0.2, 0) is 11.2 Å². The Labute approximate surface area is 126 Å². The van der Waals surface area contributed by atoms with Gasteiger partial charge in [0, 0.05) is 19.3 Å². The highest BCUT2D eigenvalue weighted by Crippen LogP contribution is 2.27. The molecule has 0 aliphatic carbocycles. The highest BCUT2D eigenvalue weighted by Gasteiger charge is 2.15. The number of nitrogens with two attached hydrogens (primary N) is 1. The van der Waals surface area contributed by atoms with Crippen LogP contribution in [0, 0.1) is 5.92 Å². The summed E-state index contributed by atoms with van der Waals surface area (Å²) in [6, 6.07) is 6.18. The average molecular weight is 298 g/mol. The summed E-state index contributed by atoms with van der Waals surface area (Å²) in [5, 5.41) is 0.679. The van der Waals surface area contributed by atoms with Crippen LogP contribution in [0.2, 0.25) is 5.02 Å². The standard InChI is InChI=1S/C16H24ClNO2/c1-2-14(18)9-13-3-4-16(15(17)10-13)20-11-12-5-7-19-8-6-12/h3-4,10,12,14H,2,5-9,11,18H2,1H3. The van der Waals surface area contributed by atoms with E-state index >= 15 is 0 Å². The third kappa shape index (κ3) is 4.65. The van der Waals surface area contributed by atoms with E-state index in [0.717, 1.165) is 51.3 Å². The molecule has 2 rings (SSSR count). The van der Waals surface area contributed by atoms with E-state index in [1.807, 2.05) is 12.1 Å². The number of ether oxygens (including phenoxy) is 2. The van der Waals surface area contributed by atoms with Crippen LogP contribution in [0.1, 0.15) is 31.7 Å². The second-order valence-electron chi connectivity index (χ2n) is 5.50. The molecule has 0 amide bonds. The lowest BCUT2D eigenvalue weighted by molar-refractivity contribution is 0.0498. The van der Waals surface area contributed by atoms with Crippen molar-refractivity contribution in [2.24, 2.45) is 11.7 Å². The van der Waals surface area contributed by atoms with E-state index in [4.69, 9.17) is 26.8 Å². The smallest absolute Gasteiger partial charge is 0.137 e. The molecule has 0 spiro atoms. The molecular weight excluding hydrogens is 274 g/mol. The van der Waals surface area contributed by atoms with Gasteiger partial charge in [-0.3, -0.25) is 0 Å². The average Bonchev–Trinajstić information content (AvgIpc) is 2.47. The minimum atomic E-state index is 0.195. The SMILES string of the molecule is CCC(N)Cc1ccc(OCC2CCOCC2)c(Cl)c1. The zero-order valence-corrected chi connectivity index (χ0v) is 12.9. The first-order valence-corrected chi connectivity index (χ1v) is 7.81. The number of hydrogen-bond donors (Lipinski definition) is 1. The van der Waals surface area contributed by atoms with Crippen LogP contribution < -0.4 is 10.5 Å². The lowest BCUT2D eigenvalue weighted by atomic mass is 10.0. The molecule has 1 aromatic rings. The van der Waals surface area contributed by atoms with Crippen LogP contribution >= 0.6 is 11.6 Å². The summed E-state index contributed by atoms with van der Waals surface area (Å²) in [7, 11) is 0. The second-order valence-corrected chi connectivity index (χ2v) is 5.91. The van der Waals surface area contributed by atoms with Gasteiger partial charge in [0.15, 0.2) is 0 Å². The third-order valence-electron chi connectivity index (χ3n) is 3.83. The Hall–Kier alpha value is -0.770. The predicted octanol–water partition coefficient (Wildman–Crippen LogP) is 3.43. The lowest BCUT2D eigenvalue weighted by Crippen LogP contribution is -2.22. The zero-order chi connectivity index (χ0) is 14.4. The number of halogens is 1. The van der Waals surface area contributed by atoms with Gasteiger partial charge in [-0.2, -0.15) is 0 Å². The summed E-state index contributed by atoms with van der Waals surface area (Å²) in [4.78, 5) is 0. The Morgan fingerprint density at radius 2 is 2.15 bits per heavy atom. The Morgan fingerprint density at radius 3 is 2.80 bits per heavy atom. The van der Waals surface area contributed by atoms with Crippen molar-refractivity contribution in [1.29, 1.82) is 0 Å². The predicted molar refractivity (Wildman–Crippen MR) is 82.5 cm³/mol. The fraction of sp³-hybridized carbons (Fsp3) is 0.625. The molecule has 0 radical (unpaired) electrons. The molecule has 0 aromatic heterocycles. The Balaban J connectivity index is 1.88. The first-order chi connectivity index (χ1) is 9.69.